The molecule has 1 fully saturated rings. The molecule has 1 saturated heterocycles. The maximum absolute atomic E-state index is 13.2. The van der Waals surface area contributed by atoms with E-state index in [2.05, 4.69) is 25.5 Å². The van der Waals surface area contributed by atoms with E-state index in [1.807, 2.05) is 0 Å². The van der Waals surface area contributed by atoms with Crippen LogP contribution in [0.5, 0.6) is 0 Å². The lowest BCUT2D eigenvalue weighted by molar-refractivity contribution is 0.0398. The first-order valence-corrected chi connectivity index (χ1v) is 8.14. The Hall–Kier alpha value is -2.58. The Kier molecular flexibility index (Phi) is 5.86. The molecule has 3 rings (SSSR count). The Morgan fingerprint density at radius 3 is 2.88 bits per heavy atom. The summed E-state index contributed by atoms with van der Waals surface area (Å²) >= 11 is 0. The van der Waals surface area contributed by atoms with Crippen molar-refractivity contribution in [3.63, 3.8) is 0 Å². The third-order valence-corrected chi connectivity index (χ3v) is 3.82. The minimum absolute atomic E-state index is 0.216. The number of anilines is 2. The highest BCUT2D eigenvalue weighted by Crippen LogP contribution is 2.11. The van der Waals surface area contributed by atoms with Gasteiger partial charge in [0.25, 0.3) is 5.91 Å². The Balaban J connectivity index is 1.54. The fraction of sp³-hybridized carbons (Fsp3) is 0.353. The lowest BCUT2D eigenvalue weighted by atomic mass is 10.3. The number of ether oxygens (including phenoxy) is 1. The Morgan fingerprint density at radius 1 is 1.24 bits per heavy atom. The maximum atomic E-state index is 13.2. The van der Waals surface area contributed by atoms with Crippen LogP contribution in [0.2, 0.25) is 0 Å². The van der Waals surface area contributed by atoms with Gasteiger partial charge in [-0.15, -0.1) is 0 Å². The third kappa shape index (κ3) is 5.20. The first-order chi connectivity index (χ1) is 12.2. The molecule has 1 aliphatic rings. The van der Waals surface area contributed by atoms with Crippen LogP contribution in [0.25, 0.3) is 0 Å². The van der Waals surface area contributed by atoms with Gasteiger partial charge in [0, 0.05) is 37.9 Å². The molecule has 1 aromatic carbocycles. The third-order valence-electron chi connectivity index (χ3n) is 3.82. The molecule has 25 heavy (non-hydrogen) atoms. The fourth-order valence-electron chi connectivity index (χ4n) is 2.51. The number of hydrogen-bond donors (Lipinski definition) is 2. The number of benzene rings is 1. The van der Waals surface area contributed by atoms with Crippen molar-refractivity contribution in [1.29, 1.82) is 0 Å². The molecule has 132 valence electrons. The monoisotopic (exact) mass is 345 g/mol. The number of nitrogens with one attached hydrogen (secondary N) is 2. The highest BCUT2D eigenvalue weighted by atomic mass is 19.1. The van der Waals surface area contributed by atoms with Gasteiger partial charge in [0.2, 0.25) is 0 Å². The van der Waals surface area contributed by atoms with Crippen LogP contribution in [0.1, 0.15) is 10.5 Å². The Labute approximate surface area is 145 Å². The zero-order valence-electron chi connectivity index (χ0n) is 13.7. The van der Waals surface area contributed by atoms with Crippen molar-refractivity contribution in [2.75, 3.05) is 50.0 Å². The average molecular weight is 345 g/mol. The quantitative estimate of drug-likeness (QED) is 0.828. The summed E-state index contributed by atoms with van der Waals surface area (Å²) in [6.07, 6.45) is 1.33. The van der Waals surface area contributed by atoms with Crippen molar-refractivity contribution >= 4 is 17.4 Å². The van der Waals surface area contributed by atoms with Gasteiger partial charge in [0.15, 0.2) is 0 Å². The molecule has 0 radical (unpaired) electrons. The molecule has 0 spiro atoms. The minimum Gasteiger partial charge on any atom is -0.379 e. The highest BCUT2D eigenvalue weighted by molar-refractivity contribution is 6.03. The van der Waals surface area contributed by atoms with Crippen LogP contribution >= 0.6 is 0 Å². The Bertz CT molecular complexity index is 722. The van der Waals surface area contributed by atoms with Crippen LogP contribution in [-0.2, 0) is 4.74 Å². The predicted octanol–water partition coefficient (Wildman–Crippen LogP) is 1.61. The number of carbonyl (C=O) groups is 1. The maximum Gasteiger partial charge on any atom is 0.274 e. The van der Waals surface area contributed by atoms with Gasteiger partial charge in [-0.1, -0.05) is 6.07 Å². The Morgan fingerprint density at radius 2 is 2.08 bits per heavy atom. The lowest BCUT2D eigenvalue weighted by Crippen LogP contribution is -2.39. The molecule has 1 aromatic heterocycles. The molecule has 2 N–H and O–H groups in total. The molecule has 7 nitrogen and oxygen atoms in total. The normalized spacial score (nSPS) is 14.9. The van der Waals surface area contributed by atoms with Gasteiger partial charge in [0.1, 0.15) is 23.7 Å². The van der Waals surface area contributed by atoms with Gasteiger partial charge in [-0.3, -0.25) is 9.69 Å². The van der Waals surface area contributed by atoms with Crippen molar-refractivity contribution < 1.29 is 13.9 Å². The van der Waals surface area contributed by atoms with E-state index in [1.165, 1.54) is 24.5 Å². The van der Waals surface area contributed by atoms with Crippen molar-refractivity contribution in [3.8, 4) is 0 Å². The SMILES string of the molecule is O=C(Nc1cccc(F)c1)c1cc(NCCN2CCOCC2)ncn1. The molecule has 0 aliphatic carbocycles. The number of amides is 1. The van der Waals surface area contributed by atoms with E-state index in [4.69, 9.17) is 4.74 Å². The van der Waals surface area contributed by atoms with Gasteiger partial charge in [-0.25, -0.2) is 14.4 Å². The van der Waals surface area contributed by atoms with Gasteiger partial charge < -0.3 is 15.4 Å². The van der Waals surface area contributed by atoms with Gasteiger partial charge in [0.05, 0.1) is 13.2 Å². The first kappa shape index (κ1) is 17.2. The van der Waals surface area contributed by atoms with Crippen molar-refractivity contribution in [3.05, 3.63) is 48.2 Å². The lowest BCUT2D eigenvalue weighted by Gasteiger charge is -2.26. The van der Waals surface area contributed by atoms with E-state index >= 15 is 0 Å². The summed E-state index contributed by atoms with van der Waals surface area (Å²) in [7, 11) is 0. The number of hydrogen-bond acceptors (Lipinski definition) is 6. The van der Waals surface area contributed by atoms with E-state index in [-0.39, 0.29) is 5.69 Å². The zero-order valence-corrected chi connectivity index (χ0v) is 13.7. The van der Waals surface area contributed by atoms with E-state index in [1.54, 1.807) is 12.1 Å². The predicted molar refractivity (Wildman–Crippen MR) is 92.1 cm³/mol. The molecule has 0 saturated carbocycles. The molecule has 8 heteroatoms. The molecule has 2 aromatic rings. The number of aromatic nitrogens is 2. The summed E-state index contributed by atoms with van der Waals surface area (Å²) in [4.78, 5) is 22.6. The van der Waals surface area contributed by atoms with Gasteiger partial charge >= 0.3 is 0 Å². The topological polar surface area (TPSA) is 79.4 Å². The van der Waals surface area contributed by atoms with Crippen LogP contribution < -0.4 is 10.6 Å². The van der Waals surface area contributed by atoms with Crippen molar-refractivity contribution in [1.82, 2.24) is 14.9 Å². The van der Waals surface area contributed by atoms with Crippen LogP contribution in [0.15, 0.2) is 36.7 Å². The number of morpholine rings is 1. The van der Waals surface area contributed by atoms with Crippen LogP contribution in [0, 0.1) is 5.82 Å². The molecule has 1 amide bonds. The summed E-state index contributed by atoms with van der Waals surface area (Å²) in [5, 5.41) is 5.80. The number of halogens is 1. The summed E-state index contributed by atoms with van der Waals surface area (Å²) in [5.74, 6) is -0.247. The molecule has 0 bridgehead atoms. The minimum atomic E-state index is -0.413. The molecule has 1 aliphatic heterocycles. The standard InChI is InChI=1S/C17H20FN5O2/c18-13-2-1-3-14(10-13)22-17(24)15-11-16(21-12-20-15)19-4-5-23-6-8-25-9-7-23/h1-3,10-12H,4-9H2,(H,22,24)(H,19,20,21). The second kappa shape index (κ2) is 8.50. The largest absolute Gasteiger partial charge is 0.379 e. The van der Waals surface area contributed by atoms with Gasteiger partial charge in [-0.05, 0) is 18.2 Å². The number of rotatable bonds is 6. The summed E-state index contributed by atoms with van der Waals surface area (Å²) in [6, 6.07) is 7.29. The summed E-state index contributed by atoms with van der Waals surface area (Å²) in [5.41, 5.74) is 0.596. The van der Waals surface area contributed by atoms with Crippen LogP contribution in [-0.4, -0.2) is 60.2 Å². The van der Waals surface area contributed by atoms with E-state index < -0.39 is 11.7 Å². The van der Waals surface area contributed by atoms with E-state index in [9.17, 15) is 9.18 Å². The number of carbonyl (C=O) groups excluding carboxylic acids is 1. The second-order valence-electron chi connectivity index (χ2n) is 5.63. The van der Waals surface area contributed by atoms with E-state index in [0.717, 1.165) is 32.8 Å². The van der Waals surface area contributed by atoms with E-state index in [0.29, 0.717) is 18.1 Å². The van der Waals surface area contributed by atoms with Crippen LogP contribution in [0.3, 0.4) is 0 Å². The summed E-state index contributed by atoms with van der Waals surface area (Å²) < 4.78 is 18.5. The molecular weight excluding hydrogens is 325 g/mol. The second-order valence-corrected chi connectivity index (χ2v) is 5.63. The molecule has 0 unspecified atom stereocenters. The van der Waals surface area contributed by atoms with Crippen LogP contribution in [0.4, 0.5) is 15.9 Å². The summed E-state index contributed by atoms with van der Waals surface area (Å²) in [6.45, 7) is 4.95. The van der Waals surface area contributed by atoms with Gasteiger partial charge in [-0.2, -0.15) is 0 Å². The average Bonchev–Trinajstić information content (AvgIpc) is 2.63. The molecule has 2 heterocycles. The zero-order chi connectivity index (χ0) is 17.5. The number of nitrogens with zero attached hydrogens (tertiary/aromatic N) is 3. The molecular formula is C17H20FN5O2. The molecule has 0 atom stereocenters. The first-order valence-electron chi connectivity index (χ1n) is 8.14. The fourth-order valence-corrected chi connectivity index (χ4v) is 2.51. The van der Waals surface area contributed by atoms with Crippen molar-refractivity contribution in [2.45, 2.75) is 0 Å². The highest BCUT2D eigenvalue weighted by Gasteiger charge is 2.11. The smallest absolute Gasteiger partial charge is 0.274 e. The van der Waals surface area contributed by atoms with Crippen molar-refractivity contribution in [2.24, 2.45) is 0 Å².